The Morgan fingerprint density at radius 1 is 1.32 bits per heavy atom. The number of benzene rings is 1. The third-order valence-corrected chi connectivity index (χ3v) is 4.60. The van der Waals surface area contributed by atoms with Crippen LogP contribution in [-0.2, 0) is 20.7 Å². The van der Waals surface area contributed by atoms with E-state index in [4.69, 9.17) is 4.74 Å². The first kappa shape index (κ1) is 16.7. The molecule has 0 aromatic heterocycles. The van der Waals surface area contributed by atoms with Crippen LogP contribution in [0.3, 0.4) is 0 Å². The largest absolute Gasteiger partial charge is 0.469 e. The molecule has 0 amide bonds. The van der Waals surface area contributed by atoms with Gasteiger partial charge in [-0.05, 0) is 37.9 Å². The number of carbonyl (C=O) groups excluding carboxylic acids is 2. The van der Waals surface area contributed by atoms with Crippen LogP contribution >= 0.6 is 0 Å². The van der Waals surface area contributed by atoms with Gasteiger partial charge >= 0.3 is 5.97 Å². The minimum absolute atomic E-state index is 0.0414. The lowest BCUT2D eigenvalue weighted by Gasteiger charge is -2.40. The molecule has 1 aromatic rings. The van der Waals surface area contributed by atoms with E-state index in [0.717, 1.165) is 45.2 Å². The molecule has 120 valence electrons. The summed E-state index contributed by atoms with van der Waals surface area (Å²) in [5.41, 5.74) is 0.736. The van der Waals surface area contributed by atoms with Crippen molar-refractivity contribution >= 4 is 12.3 Å². The molecule has 22 heavy (non-hydrogen) atoms. The standard InChI is InChI=1S/C18H25NO3/c1-15(14-20)13-19-10-8-18(9-11-19,17(21)22-2)12-16-6-4-3-5-7-16/h3-7,14-15H,8-13H2,1-2H3. The molecule has 1 fully saturated rings. The van der Waals surface area contributed by atoms with Crippen LogP contribution in [0, 0.1) is 11.3 Å². The molecule has 0 aliphatic carbocycles. The first-order valence-electron chi connectivity index (χ1n) is 7.89. The molecule has 1 aliphatic rings. The van der Waals surface area contributed by atoms with Gasteiger partial charge in [0.2, 0.25) is 0 Å². The zero-order valence-electron chi connectivity index (χ0n) is 13.5. The van der Waals surface area contributed by atoms with Gasteiger partial charge in [-0.3, -0.25) is 4.79 Å². The molecule has 0 bridgehead atoms. The molecule has 1 heterocycles. The second kappa shape index (κ2) is 7.54. The smallest absolute Gasteiger partial charge is 0.312 e. The van der Waals surface area contributed by atoms with Gasteiger partial charge in [-0.2, -0.15) is 0 Å². The van der Waals surface area contributed by atoms with Crippen molar-refractivity contribution in [3.63, 3.8) is 0 Å². The Morgan fingerprint density at radius 3 is 2.50 bits per heavy atom. The maximum atomic E-state index is 12.4. The highest BCUT2D eigenvalue weighted by atomic mass is 16.5. The zero-order chi connectivity index (χ0) is 16.0. The highest BCUT2D eigenvalue weighted by Crippen LogP contribution is 2.36. The van der Waals surface area contributed by atoms with Gasteiger partial charge in [0.25, 0.3) is 0 Å². The number of ether oxygens (including phenoxy) is 1. The summed E-state index contributed by atoms with van der Waals surface area (Å²) in [6.07, 6.45) is 3.27. The van der Waals surface area contributed by atoms with Crippen LogP contribution in [0.25, 0.3) is 0 Å². The lowest BCUT2D eigenvalue weighted by atomic mass is 9.73. The second-order valence-corrected chi connectivity index (χ2v) is 6.35. The van der Waals surface area contributed by atoms with Crippen LogP contribution < -0.4 is 0 Å². The number of methoxy groups -OCH3 is 1. The Morgan fingerprint density at radius 2 is 1.95 bits per heavy atom. The lowest BCUT2D eigenvalue weighted by Crippen LogP contribution is -2.47. The zero-order valence-corrected chi connectivity index (χ0v) is 13.5. The van der Waals surface area contributed by atoms with Crippen LogP contribution in [0.2, 0.25) is 0 Å². The molecule has 1 unspecified atom stereocenters. The summed E-state index contributed by atoms with van der Waals surface area (Å²) in [6, 6.07) is 10.1. The fraction of sp³-hybridized carbons (Fsp3) is 0.556. The molecule has 0 saturated carbocycles. The lowest BCUT2D eigenvalue weighted by molar-refractivity contribution is -0.156. The van der Waals surface area contributed by atoms with Gasteiger partial charge < -0.3 is 14.4 Å². The second-order valence-electron chi connectivity index (χ2n) is 6.35. The minimum atomic E-state index is -0.434. The Labute approximate surface area is 132 Å². The number of rotatable bonds is 6. The summed E-state index contributed by atoms with van der Waals surface area (Å²) in [4.78, 5) is 25.5. The molecular weight excluding hydrogens is 278 g/mol. The normalized spacial score (nSPS) is 19.4. The molecule has 0 radical (unpaired) electrons. The van der Waals surface area contributed by atoms with Crippen molar-refractivity contribution < 1.29 is 14.3 Å². The first-order chi connectivity index (χ1) is 10.6. The summed E-state index contributed by atoms with van der Waals surface area (Å²) in [5.74, 6) is -0.0702. The summed E-state index contributed by atoms with van der Waals surface area (Å²) in [5, 5.41) is 0. The summed E-state index contributed by atoms with van der Waals surface area (Å²) in [7, 11) is 1.47. The molecule has 1 aliphatic heterocycles. The fourth-order valence-electron chi connectivity index (χ4n) is 3.27. The minimum Gasteiger partial charge on any atom is -0.469 e. The van der Waals surface area contributed by atoms with Crippen molar-refractivity contribution in [2.75, 3.05) is 26.7 Å². The number of piperidine rings is 1. The Bertz CT molecular complexity index is 492. The Kier molecular flexibility index (Phi) is 5.72. The van der Waals surface area contributed by atoms with E-state index in [1.165, 1.54) is 12.7 Å². The molecule has 1 atom stereocenters. The van der Waals surface area contributed by atoms with Gasteiger partial charge in [-0.1, -0.05) is 37.3 Å². The van der Waals surface area contributed by atoms with Gasteiger partial charge in [0.1, 0.15) is 6.29 Å². The van der Waals surface area contributed by atoms with Gasteiger partial charge in [0.05, 0.1) is 12.5 Å². The van der Waals surface area contributed by atoms with Gasteiger partial charge in [-0.15, -0.1) is 0 Å². The van der Waals surface area contributed by atoms with Gasteiger partial charge in [-0.25, -0.2) is 0 Å². The number of nitrogens with zero attached hydrogens (tertiary/aromatic N) is 1. The van der Waals surface area contributed by atoms with Crippen LogP contribution in [0.15, 0.2) is 30.3 Å². The summed E-state index contributed by atoms with van der Waals surface area (Å²) in [6.45, 7) is 4.37. The van der Waals surface area contributed by atoms with E-state index in [9.17, 15) is 9.59 Å². The van der Waals surface area contributed by atoms with Gasteiger partial charge in [0, 0.05) is 12.5 Å². The van der Waals surface area contributed by atoms with Crippen LogP contribution in [0.1, 0.15) is 25.3 Å². The maximum absolute atomic E-state index is 12.4. The number of hydrogen-bond donors (Lipinski definition) is 0. The Hall–Kier alpha value is -1.68. The van der Waals surface area contributed by atoms with E-state index in [-0.39, 0.29) is 11.9 Å². The molecule has 4 heteroatoms. The molecule has 1 aromatic carbocycles. The summed E-state index contributed by atoms with van der Waals surface area (Å²) >= 11 is 0. The molecule has 4 nitrogen and oxygen atoms in total. The SMILES string of the molecule is COC(=O)C1(Cc2ccccc2)CCN(CC(C)C=O)CC1. The molecular formula is C18H25NO3. The number of hydrogen-bond acceptors (Lipinski definition) is 4. The van der Waals surface area contributed by atoms with Crippen LogP contribution in [0.5, 0.6) is 0 Å². The van der Waals surface area contributed by atoms with Crippen molar-refractivity contribution in [3.8, 4) is 0 Å². The van der Waals surface area contributed by atoms with E-state index in [1.54, 1.807) is 0 Å². The highest BCUT2D eigenvalue weighted by Gasteiger charge is 2.42. The monoisotopic (exact) mass is 303 g/mol. The van der Waals surface area contributed by atoms with E-state index >= 15 is 0 Å². The predicted molar refractivity (Wildman–Crippen MR) is 85.5 cm³/mol. The molecule has 0 N–H and O–H groups in total. The average molecular weight is 303 g/mol. The number of esters is 1. The number of carbonyl (C=O) groups is 2. The highest BCUT2D eigenvalue weighted by molar-refractivity contribution is 5.77. The predicted octanol–water partition coefficient (Wildman–Crippen LogP) is 2.32. The molecule has 2 rings (SSSR count). The molecule has 1 saturated heterocycles. The Balaban J connectivity index is 2.06. The number of likely N-dealkylation sites (tertiary alicyclic amines) is 1. The van der Waals surface area contributed by atoms with E-state index in [2.05, 4.69) is 17.0 Å². The first-order valence-corrected chi connectivity index (χ1v) is 7.89. The van der Waals surface area contributed by atoms with E-state index in [0.29, 0.717) is 0 Å². The third-order valence-electron chi connectivity index (χ3n) is 4.60. The maximum Gasteiger partial charge on any atom is 0.312 e. The van der Waals surface area contributed by atoms with Crippen molar-refractivity contribution in [3.05, 3.63) is 35.9 Å². The van der Waals surface area contributed by atoms with Crippen molar-refractivity contribution in [1.82, 2.24) is 4.90 Å². The average Bonchev–Trinajstić information content (AvgIpc) is 2.56. The van der Waals surface area contributed by atoms with Crippen LogP contribution in [0.4, 0.5) is 0 Å². The molecule has 0 spiro atoms. The number of aldehydes is 1. The van der Waals surface area contributed by atoms with Crippen molar-refractivity contribution in [2.45, 2.75) is 26.2 Å². The fourth-order valence-corrected chi connectivity index (χ4v) is 3.27. The van der Waals surface area contributed by atoms with E-state index in [1.807, 2.05) is 25.1 Å². The topological polar surface area (TPSA) is 46.6 Å². The summed E-state index contributed by atoms with van der Waals surface area (Å²) < 4.78 is 5.09. The van der Waals surface area contributed by atoms with E-state index < -0.39 is 5.41 Å². The van der Waals surface area contributed by atoms with Crippen LogP contribution in [-0.4, -0.2) is 43.9 Å². The van der Waals surface area contributed by atoms with Crippen molar-refractivity contribution in [1.29, 1.82) is 0 Å². The quantitative estimate of drug-likeness (QED) is 0.598. The third kappa shape index (κ3) is 3.95. The van der Waals surface area contributed by atoms with Crippen molar-refractivity contribution in [2.24, 2.45) is 11.3 Å². The van der Waals surface area contributed by atoms with Gasteiger partial charge in [0.15, 0.2) is 0 Å².